The minimum atomic E-state index is -1.48. The number of fused-ring (bicyclic) bond motifs is 4. The fraction of sp³-hybridized carbons (Fsp3) is 0.103. The lowest BCUT2D eigenvalue weighted by molar-refractivity contribution is 0.427. The monoisotopic (exact) mass is 461 g/mol. The molecule has 1 aliphatic rings. The molecule has 166 valence electrons. The number of hydrogen-bond acceptors (Lipinski definition) is 4. The highest BCUT2D eigenvalue weighted by Gasteiger charge is 2.35. The maximum atomic E-state index is 9.74. The first-order chi connectivity index (χ1) is 16.4. The molecule has 1 aliphatic carbocycles. The second-order valence-electron chi connectivity index (χ2n) is 9.32. The fourth-order valence-corrected chi connectivity index (χ4v) is 6.07. The Hall–Kier alpha value is -3.38. The number of benzene rings is 4. The van der Waals surface area contributed by atoms with Crippen molar-refractivity contribution < 1.29 is 10.0 Å². The van der Waals surface area contributed by atoms with Gasteiger partial charge in [-0.15, -0.1) is 11.3 Å². The van der Waals surface area contributed by atoms with Crippen molar-refractivity contribution in [2.45, 2.75) is 19.3 Å². The molecule has 0 aliphatic heterocycles. The molecule has 3 nitrogen and oxygen atoms in total. The van der Waals surface area contributed by atoms with Crippen LogP contribution >= 0.6 is 11.3 Å². The number of nitrogens with zero attached hydrogens (tertiary/aromatic N) is 1. The van der Waals surface area contributed by atoms with Crippen LogP contribution in [-0.2, 0) is 5.41 Å². The third-order valence-corrected chi connectivity index (χ3v) is 8.01. The third-order valence-electron chi connectivity index (χ3n) is 6.90. The number of anilines is 3. The van der Waals surface area contributed by atoms with Gasteiger partial charge >= 0.3 is 7.12 Å². The molecule has 1 heterocycles. The van der Waals surface area contributed by atoms with E-state index in [1.165, 1.54) is 39.0 Å². The summed E-state index contributed by atoms with van der Waals surface area (Å²) in [5.41, 5.74) is 7.22. The van der Waals surface area contributed by atoms with Gasteiger partial charge in [-0.1, -0.05) is 74.5 Å². The van der Waals surface area contributed by atoms with Crippen LogP contribution in [0.1, 0.15) is 25.0 Å². The summed E-state index contributed by atoms with van der Waals surface area (Å²) in [5, 5.41) is 22.8. The van der Waals surface area contributed by atoms with Gasteiger partial charge in [-0.25, -0.2) is 0 Å². The SMILES string of the molecule is CC1(C)c2ccccc2-c2ccc(N(c3ccc4ccccc4c3)c3ccc(B(O)O)s3)cc21. The molecule has 0 bridgehead atoms. The van der Waals surface area contributed by atoms with Gasteiger partial charge in [0.25, 0.3) is 0 Å². The van der Waals surface area contributed by atoms with Gasteiger partial charge in [0.1, 0.15) is 0 Å². The van der Waals surface area contributed by atoms with Crippen molar-refractivity contribution in [3.8, 4) is 11.1 Å². The zero-order chi connectivity index (χ0) is 23.4. The van der Waals surface area contributed by atoms with Crippen molar-refractivity contribution in [3.05, 3.63) is 108 Å². The second-order valence-corrected chi connectivity index (χ2v) is 10.4. The van der Waals surface area contributed by atoms with E-state index in [-0.39, 0.29) is 5.41 Å². The quantitative estimate of drug-likeness (QED) is 0.306. The van der Waals surface area contributed by atoms with Crippen LogP contribution in [0.5, 0.6) is 0 Å². The Morgan fingerprint density at radius 1 is 0.676 bits per heavy atom. The highest BCUT2D eigenvalue weighted by atomic mass is 32.1. The van der Waals surface area contributed by atoms with Gasteiger partial charge < -0.3 is 14.9 Å². The molecule has 0 radical (unpaired) electrons. The van der Waals surface area contributed by atoms with E-state index in [1.54, 1.807) is 6.07 Å². The first-order valence-electron chi connectivity index (χ1n) is 11.4. The summed E-state index contributed by atoms with van der Waals surface area (Å²) >= 11 is 1.39. The number of rotatable bonds is 4. The van der Waals surface area contributed by atoms with E-state index in [1.807, 2.05) is 12.1 Å². The van der Waals surface area contributed by atoms with Crippen LogP contribution in [0.25, 0.3) is 21.9 Å². The van der Waals surface area contributed by atoms with Gasteiger partial charge in [0.05, 0.1) is 5.00 Å². The van der Waals surface area contributed by atoms with Crippen LogP contribution in [0.2, 0.25) is 0 Å². The van der Waals surface area contributed by atoms with Gasteiger partial charge in [-0.3, -0.25) is 0 Å². The molecule has 0 atom stereocenters. The van der Waals surface area contributed by atoms with E-state index in [0.717, 1.165) is 21.8 Å². The minimum Gasteiger partial charge on any atom is -0.423 e. The van der Waals surface area contributed by atoms with Crippen LogP contribution in [-0.4, -0.2) is 17.2 Å². The molecule has 2 N–H and O–H groups in total. The van der Waals surface area contributed by atoms with E-state index in [9.17, 15) is 10.0 Å². The molecular weight excluding hydrogens is 437 g/mol. The summed E-state index contributed by atoms with van der Waals surface area (Å²) in [7, 11) is -1.48. The zero-order valence-corrected chi connectivity index (χ0v) is 19.9. The van der Waals surface area contributed by atoms with Crippen molar-refractivity contribution in [2.24, 2.45) is 0 Å². The highest BCUT2D eigenvalue weighted by Crippen LogP contribution is 2.50. The number of thiophene rings is 1. The van der Waals surface area contributed by atoms with Crippen molar-refractivity contribution >= 4 is 50.4 Å². The molecule has 34 heavy (non-hydrogen) atoms. The standard InChI is InChI=1S/C29H24BNO2S/c1-29(2)25-10-6-5-9-23(25)24-14-13-22(18-26(24)29)31(28-16-15-27(34-28)30(32)33)21-12-11-19-7-3-4-8-20(19)17-21/h3-18,32-33H,1-2H3. The average Bonchev–Trinajstić information content (AvgIpc) is 3.42. The predicted molar refractivity (Wildman–Crippen MR) is 144 cm³/mol. The molecule has 5 aromatic rings. The van der Waals surface area contributed by atoms with E-state index in [4.69, 9.17) is 0 Å². The van der Waals surface area contributed by atoms with E-state index in [2.05, 4.69) is 97.6 Å². The van der Waals surface area contributed by atoms with E-state index >= 15 is 0 Å². The molecule has 6 rings (SSSR count). The lowest BCUT2D eigenvalue weighted by Gasteiger charge is -2.27. The lowest BCUT2D eigenvalue weighted by Crippen LogP contribution is -2.26. The predicted octanol–water partition coefficient (Wildman–Crippen LogP) is 6.36. The molecule has 0 saturated carbocycles. The summed E-state index contributed by atoms with van der Waals surface area (Å²) < 4.78 is 0.523. The van der Waals surface area contributed by atoms with Crippen LogP contribution in [0, 0.1) is 0 Å². The molecule has 0 fully saturated rings. The first-order valence-corrected chi connectivity index (χ1v) is 12.2. The summed E-state index contributed by atoms with van der Waals surface area (Å²) in [6.07, 6.45) is 0. The van der Waals surface area contributed by atoms with Crippen LogP contribution in [0.15, 0.2) is 97.1 Å². The lowest BCUT2D eigenvalue weighted by atomic mass is 9.82. The second kappa shape index (κ2) is 7.85. The van der Waals surface area contributed by atoms with Crippen molar-refractivity contribution in [1.82, 2.24) is 0 Å². The maximum absolute atomic E-state index is 9.74. The summed E-state index contributed by atoms with van der Waals surface area (Å²) in [6.45, 7) is 4.57. The third kappa shape index (κ3) is 3.28. The Balaban J connectivity index is 1.54. The van der Waals surface area contributed by atoms with Gasteiger partial charge in [0.15, 0.2) is 0 Å². The molecule has 1 aromatic heterocycles. The van der Waals surface area contributed by atoms with Crippen LogP contribution < -0.4 is 9.68 Å². The van der Waals surface area contributed by atoms with Gasteiger partial charge in [0.2, 0.25) is 0 Å². The smallest absolute Gasteiger partial charge is 0.423 e. The highest BCUT2D eigenvalue weighted by molar-refractivity contribution is 7.25. The molecule has 5 heteroatoms. The van der Waals surface area contributed by atoms with Crippen LogP contribution in [0.3, 0.4) is 0 Å². The van der Waals surface area contributed by atoms with Gasteiger partial charge in [0, 0.05) is 21.6 Å². The van der Waals surface area contributed by atoms with Crippen LogP contribution in [0.4, 0.5) is 16.4 Å². The molecule has 0 spiro atoms. The van der Waals surface area contributed by atoms with Crippen molar-refractivity contribution in [1.29, 1.82) is 0 Å². The average molecular weight is 461 g/mol. The minimum absolute atomic E-state index is 0.0983. The van der Waals surface area contributed by atoms with Crippen molar-refractivity contribution in [2.75, 3.05) is 4.90 Å². The largest absolute Gasteiger partial charge is 0.499 e. The Morgan fingerprint density at radius 2 is 1.35 bits per heavy atom. The van der Waals surface area contributed by atoms with E-state index in [0.29, 0.717) is 4.78 Å². The summed E-state index contributed by atoms with van der Waals surface area (Å²) in [5.74, 6) is 0. The van der Waals surface area contributed by atoms with Gasteiger partial charge in [-0.05, 0) is 69.4 Å². The summed E-state index contributed by atoms with van der Waals surface area (Å²) in [4.78, 5) is 2.21. The topological polar surface area (TPSA) is 43.7 Å². The van der Waals surface area contributed by atoms with Gasteiger partial charge in [-0.2, -0.15) is 0 Å². The number of hydrogen-bond donors (Lipinski definition) is 2. The molecule has 0 saturated heterocycles. The Labute approximate surface area is 203 Å². The maximum Gasteiger partial charge on any atom is 0.499 e. The first kappa shape index (κ1) is 21.2. The van der Waals surface area contributed by atoms with E-state index < -0.39 is 7.12 Å². The molecular formula is C29H24BNO2S. The Kier molecular flexibility index (Phi) is 4.89. The van der Waals surface area contributed by atoms with Crippen molar-refractivity contribution in [3.63, 3.8) is 0 Å². The molecule has 0 amide bonds. The Bertz CT molecular complexity index is 1540. The summed E-state index contributed by atoms with van der Waals surface area (Å²) in [6, 6.07) is 33.9. The molecule has 0 unspecified atom stereocenters. The molecule has 4 aromatic carbocycles. The fourth-order valence-electron chi connectivity index (χ4n) is 5.15. The normalized spacial score (nSPS) is 13.5. The zero-order valence-electron chi connectivity index (χ0n) is 19.1. The Morgan fingerprint density at radius 3 is 2.15 bits per heavy atom.